The molecule has 0 radical (unpaired) electrons. The van der Waals surface area contributed by atoms with Crippen molar-refractivity contribution in [3.8, 4) is 0 Å². The van der Waals surface area contributed by atoms with E-state index >= 15 is 0 Å². The van der Waals surface area contributed by atoms with Gasteiger partial charge in [-0.2, -0.15) is 0 Å². The molecule has 0 saturated carbocycles. The van der Waals surface area contributed by atoms with Crippen molar-refractivity contribution in [2.24, 2.45) is 0 Å². The van der Waals surface area contributed by atoms with Crippen LogP contribution in [0.5, 0.6) is 0 Å². The zero-order valence-electron chi connectivity index (χ0n) is 8.80. The van der Waals surface area contributed by atoms with Crippen molar-refractivity contribution in [1.29, 1.82) is 0 Å². The van der Waals surface area contributed by atoms with Gasteiger partial charge in [-0.1, -0.05) is 0 Å². The van der Waals surface area contributed by atoms with Gasteiger partial charge in [0.05, 0.1) is 12.2 Å². The molecule has 1 fully saturated rings. The van der Waals surface area contributed by atoms with Gasteiger partial charge >= 0.3 is 0 Å². The van der Waals surface area contributed by atoms with Crippen molar-refractivity contribution in [1.82, 2.24) is 5.32 Å². The lowest BCUT2D eigenvalue weighted by atomic mass is 10.0. The second-order valence-corrected chi connectivity index (χ2v) is 3.65. The summed E-state index contributed by atoms with van der Waals surface area (Å²) in [6, 6.07) is 1.65. The highest BCUT2D eigenvalue weighted by Gasteiger charge is 2.27. The highest BCUT2D eigenvalue weighted by Crippen LogP contribution is 2.17. The summed E-state index contributed by atoms with van der Waals surface area (Å²) in [5, 5.41) is 2.89. The molecular weight excluding hydrogens is 235 g/mol. The number of Topliss-reactive ketones (excluding diaryl/α,β-unsaturated/α-hetero) is 1. The molecule has 0 bridgehead atoms. The van der Waals surface area contributed by atoms with E-state index in [0.29, 0.717) is 13.2 Å². The Morgan fingerprint density at radius 2 is 2.06 bits per heavy atom. The Bertz CT molecular complexity index is 445. The van der Waals surface area contributed by atoms with Crippen LogP contribution in [0.2, 0.25) is 0 Å². The summed E-state index contributed by atoms with van der Waals surface area (Å²) < 4.78 is 44.1. The van der Waals surface area contributed by atoms with E-state index in [-0.39, 0.29) is 6.54 Å². The number of carbonyl (C=O) groups excluding carboxylic acids is 1. The predicted octanol–water partition coefficient (Wildman–Crippen LogP) is 1.27. The Morgan fingerprint density at radius 1 is 1.29 bits per heavy atom. The number of morpholine rings is 1. The summed E-state index contributed by atoms with van der Waals surface area (Å²) in [5.74, 6) is -5.11. The second kappa shape index (κ2) is 4.85. The average Bonchev–Trinajstić information content (AvgIpc) is 2.36. The zero-order chi connectivity index (χ0) is 12.4. The van der Waals surface area contributed by atoms with E-state index < -0.39 is 34.9 Å². The molecule has 0 aromatic heterocycles. The summed E-state index contributed by atoms with van der Waals surface area (Å²) in [5.41, 5.74) is -0.488. The minimum absolute atomic E-state index is 0.233. The van der Waals surface area contributed by atoms with Crippen LogP contribution in [0.3, 0.4) is 0 Å². The minimum Gasteiger partial charge on any atom is -0.367 e. The molecule has 3 nitrogen and oxygen atoms in total. The maximum atomic E-state index is 13.4. The highest BCUT2D eigenvalue weighted by molar-refractivity contribution is 6.00. The van der Waals surface area contributed by atoms with E-state index in [1.165, 1.54) is 0 Å². The van der Waals surface area contributed by atoms with Gasteiger partial charge in [-0.05, 0) is 12.1 Å². The minimum atomic E-state index is -1.64. The van der Waals surface area contributed by atoms with Crippen molar-refractivity contribution in [3.05, 3.63) is 35.1 Å². The largest absolute Gasteiger partial charge is 0.367 e. The Labute approximate surface area is 95.6 Å². The summed E-state index contributed by atoms with van der Waals surface area (Å²) in [4.78, 5) is 11.8. The number of hydrogen-bond acceptors (Lipinski definition) is 3. The normalized spacial score (nSPS) is 20.3. The molecular formula is C11H10F3NO2. The second-order valence-electron chi connectivity index (χ2n) is 3.65. The molecule has 17 heavy (non-hydrogen) atoms. The predicted molar refractivity (Wildman–Crippen MR) is 53.3 cm³/mol. The molecule has 1 saturated heterocycles. The first-order valence-electron chi connectivity index (χ1n) is 5.11. The smallest absolute Gasteiger partial charge is 0.195 e. The van der Waals surface area contributed by atoms with Gasteiger partial charge in [0.25, 0.3) is 0 Å². The molecule has 1 N–H and O–H groups in total. The molecule has 0 amide bonds. The van der Waals surface area contributed by atoms with Gasteiger partial charge in [-0.15, -0.1) is 0 Å². The topological polar surface area (TPSA) is 38.3 Å². The van der Waals surface area contributed by atoms with Gasteiger partial charge < -0.3 is 10.1 Å². The summed E-state index contributed by atoms with van der Waals surface area (Å²) in [6.07, 6.45) is -0.858. The number of rotatable bonds is 2. The number of carbonyl (C=O) groups is 1. The molecule has 0 aliphatic carbocycles. The first kappa shape index (κ1) is 12.1. The third-order valence-electron chi connectivity index (χ3n) is 2.52. The van der Waals surface area contributed by atoms with Crippen LogP contribution in [0.25, 0.3) is 0 Å². The summed E-state index contributed by atoms with van der Waals surface area (Å²) in [7, 11) is 0. The average molecular weight is 245 g/mol. The Kier molecular flexibility index (Phi) is 3.44. The number of halogens is 3. The summed E-state index contributed by atoms with van der Waals surface area (Å²) >= 11 is 0. The van der Waals surface area contributed by atoms with Gasteiger partial charge in [0.2, 0.25) is 0 Å². The molecule has 1 atom stereocenters. The fourth-order valence-electron chi connectivity index (χ4n) is 1.62. The number of benzene rings is 1. The van der Waals surface area contributed by atoms with Crippen molar-refractivity contribution in [2.45, 2.75) is 6.10 Å². The SMILES string of the molecule is O=C(c1ccc(F)c(F)c1F)C1CNCCO1. The number of hydrogen-bond donors (Lipinski definition) is 1. The van der Waals surface area contributed by atoms with Crippen molar-refractivity contribution >= 4 is 5.78 Å². The molecule has 1 aromatic rings. The number of ketones is 1. The van der Waals surface area contributed by atoms with E-state index in [1.807, 2.05) is 0 Å². The van der Waals surface area contributed by atoms with E-state index in [1.54, 1.807) is 0 Å². The fourth-order valence-corrected chi connectivity index (χ4v) is 1.62. The molecule has 1 unspecified atom stereocenters. The monoisotopic (exact) mass is 245 g/mol. The number of nitrogens with one attached hydrogen (secondary N) is 1. The first-order chi connectivity index (χ1) is 8.11. The van der Waals surface area contributed by atoms with Crippen molar-refractivity contribution in [2.75, 3.05) is 19.7 Å². The van der Waals surface area contributed by atoms with E-state index in [9.17, 15) is 18.0 Å². The van der Waals surface area contributed by atoms with Gasteiger partial charge in [-0.3, -0.25) is 4.79 Å². The molecule has 6 heteroatoms. The molecule has 1 aromatic carbocycles. The Hall–Kier alpha value is -1.40. The van der Waals surface area contributed by atoms with Crippen LogP contribution in [0.4, 0.5) is 13.2 Å². The Balaban J connectivity index is 2.27. The summed E-state index contributed by atoms with van der Waals surface area (Å²) in [6.45, 7) is 1.16. The molecule has 1 heterocycles. The van der Waals surface area contributed by atoms with Gasteiger partial charge in [0, 0.05) is 13.1 Å². The van der Waals surface area contributed by atoms with Crippen LogP contribution in [0, 0.1) is 17.5 Å². The molecule has 92 valence electrons. The van der Waals surface area contributed by atoms with Crippen LogP contribution in [-0.4, -0.2) is 31.6 Å². The molecule has 1 aliphatic heterocycles. The molecule has 0 spiro atoms. The molecule has 1 aliphatic rings. The van der Waals surface area contributed by atoms with Gasteiger partial charge in [0.15, 0.2) is 23.2 Å². The van der Waals surface area contributed by atoms with E-state index in [4.69, 9.17) is 4.74 Å². The van der Waals surface area contributed by atoms with Gasteiger partial charge in [-0.25, -0.2) is 13.2 Å². The number of ether oxygens (including phenoxy) is 1. The fraction of sp³-hybridized carbons (Fsp3) is 0.364. The quantitative estimate of drug-likeness (QED) is 0.630. The maximum Gasteiger partial charge on any atom is 0.195 e. The van der Waals surface area contributed by atoms with Crippen LogP contribution in [0.15, 0.2) is 12.1 Å². The van der Waals surface area contributed by atoms with E-state index in [2.05, 4.69) is 5.32 Å². The maximum absolute atomic E-state index is 13.4. The third kappa shape index (κ3) is 2.32. The van der Waals surface area contributed by atoms with Crippen LogP contribution in [-0.2, 0) is 4.74 Å². The van der Waals surface area contributed by atoms with Crippen LogP contribution < -0.4 is 5.32 Å². The van der Waals surface area contributed by atoms with Crippen LogP contribution in [0.1, 0.15) is 10.4 Å². The van der Waals surface area contributed by atoms with Crippen LogP contribution >= 0.6 is 0 Å². The van der Waals surface area contributed by atoms with E-state index in [0.717, 1.165) is 12.1 Å². The van der Waals surface area contributed by atoms with Crippen molar-refractivity contribution in [3.63, 3.8) is 0 Å². The van der Waals surface area contributed by atoms with Gasteiger partial charge in [0.1, 0.15) is 6.10 Å². The lowest BCUT2D eigenvalue weighted by Crippen LogP contribution is -2.43. The zero-order valence-corrected chi connectivity index (χ0v) is 8.80. The standard InChI is InChI=1S/C11H10F3NO2/c12-7-2-1-6(9(13)10(7)14)11(16)8-5-15-3-4-17-8/h1-2,8,15H,3-5H2. The Morgan fingerprint density at radius 3 is 2.71 bits per heavy atom. The highest BCUT2D eigenvalue weighted by atomic mass is 19.2. The first-order valence-corrected chi connectivity index (χ1v) is 5.11. The van der Waals surface area contributed by atoms with Crippen molar-refractivity contribution < 1.29 is 22.7 Å². The third-order valence-corrected chi connectivity index (χ3v) is 2.52. The lowest BCUT2D eigenvalue weighted by Gasteiger charge is -2.22. The lowest BCUT2D eigenvalue weighted by molar-refractivity contribution is 0.0265. The molecule has 2 rings (SSSR count).